The molecule has 2 amide bonds. The first-order valence-corrected chi connectivity index (χ1v) is 9.41. The maximum absolute atomic E-state index is 12.5. The number of para-hydroxylation sites is 1. The van der Waals surface area contributed by atoms with Crippen molar-refractivity contribution in [2.75, 3.05) is 6.54 Å². The minimum atomic E-state index is -0.657. The average molecular weight is 378 g/mol. The lowest BCUT2D eigenvalue weighted by molar-refractivity contribution is -0.123. The lowest BCUT2D eigenvalue weighted by Crippen LogP contribution is -2.47. The molecule has 1 heterocycles. The van der Waals surface area contributed by atoms with Crippen molar-refractivity contribution >= 4 is 22.7 Å². The second-order valence-corrected chi connectivity index (χ2v) is 7.86. The number of aromatic amines is 1. The molecule has 0 aliphatic carbocycles. The first-order chi connectivity index (χ1) is 13.4. The van der Waals surface area contributed by atoms with E-state index in [-0.39, 0.29) is 17.2 Å². The molecule has 0 fully saturated rings. The zero-order valence-corrected chi connectivity index (χ0v) is 16.5. The number of carbonyl (C=O) groups is 2. The van der Waals surface area contributed by atoms with Crippen LogP contribution in [0.1, 0.15) is 36.8 Å². The molecule has 28 heavy (non-hydrogen) atoms. The van der Waals surface area contributed by atoms with E-state index in [1.165, 1.54) is 5.56 Å². The number of hydrogen-bond acceptors (Lipinski definition) is 3. The fourth-order valence-electron chi connectivity index (χ4n) is 3.16. The number of amides is 2. The van der Waals surface area contributed by atoms with Gasteiger partial charge in [0.05, 0.1) is 5.52 Å². The first-order valence-electron chi connectivity index (χ1n) is 9.41. The van der Waals surface area contributed by atoms with Gasteiger partial charge in [-0.3, -0.25) is 14.7 Å². The van der Waals surface area contributed by atoms with Crippen molar-refractivity contribution in [2.45, 2.75) is 33.2 Å². The van der Waals surface area contributed by atoms with Crippen LogP contribution in [0.2, 0.25) is 0 Å². The molecule has 1 atom stereocenters. The smallest absolute Gasteiger partial charge is 0.273 e. The van der Waals surface area contributed by atoms with Crippen LogP contribution in [0.4, 0.5) is 0 Å². The van der Waals surface area contributed by atoms with Gasteiger partial charge >= 0.3 is 0 Å². The monoisotopic (exact) mass is 378 g/mol. The second kappa shape index (κ2) is 8.25. The number of fused-ring (bicyclic) bond motifs is 1. The van der Waals surface area contributed by atoms with Crippen molar-refractivity contribution in [3.8, 4) is 0 Å². The molecular weight excluding hydrogens is 352 g/mol. The van der Waals surface area contributed by atoms with E-state index < -0.39 is 6.04 Å². The normalized spacial score (nSPS) is 12.5. The molecular formula is C22H26N4O2. The van der Waals surface area contributed by atoms with E-state index in [0.717, 1.165) is 17.3 Å². The predicted octanol–water partition coefficient (Wildman–Crippen LogP) is 3.07. The van der Waals surface area contributed by atoms with Crippen molar-refractivity contribution in [3.05, 3.63) is 65.9 Å². The summed E-state index contributed by atoms with van der Waals surface area (Å²) in [5, 5.41) is 13.3. The quantitative estimate of drug-likeness (QED) is 0.590. The summed E-state index contributed by atoms with van der Waals surface area (Å²) in [7, 11) is 0. The Bertz CT molecular complexity index is 963. The van der Waals surface area contributed by atoms with Gasteiger partial charge in [-0.25, -0.2) is 0 Å². The third kappa shape index (κ3) is 4.76. The number of hydrogen-bond donors (Lipinski definition) is 3. The standard InChI is InChI=1S/C22H26N4O2/c1-15(24-21(28)19-17-11-7-8-12-18(17)25-26-19)20(27)23-14-22(2,3)13-16-9-5-4-6-10-16/h4-12,15H,13-14H2,1-3H3,(H,23,27)(H,24,28)(H,25,26). The van der Waals surface area contributed by atoms with Gasteiger partial charge in [-0.2, -0.15) is 5.10 Å². The van der Waals surface area contributed by atoms with Crippen LogP contribution in [0.15, 0.2) is 54.6 Å². The Morgan fingerprint density at radius 3 is 2.50 bits per heavy atom. The molecule has 0 radical (unpaired) electrons. The Kier molecular flexibility index (Phi) is 5.78. The van der Waals surface area contributed by atoms with Gasteiger partial charge in [0.25, 0.3) is 5.91 Å². The highest BCUT2D eigenvalue weighted by Gasteiger charge is 2.23. The summed E-state index contributed by atoms with van der Waals surface area (Å²) in [4.78, 5) is 25.0. The Hall–Kier alpha value is -3.15. The van der Waals surface area contributed by atoms with E-state index in [0.29, 0.717) is 12.2 Å². The highest BCUT2D eigenvalue weighted by molar-refractivity contribution is 6.05. The fraction of sp³-hybridized carbons (Fsp3) is 0.318. The molecule has 3 N–H and O–H groups in total. The molecule has 1 aromatic heterocycles. The maximum atomic E-state index is 12.5. The number of nitrogens with zero attached hydrogens (tertiary/aromatic N) is 1. The minimum Gasteiger partial charge on any atom is -0.354 e. The van der Waals surface area contributed by atoms with Crippen molar-refractivity contribution in [1.82, 2.24) is 20.8 Å². The number of benzene rings is 2. The number of nitrogens with one attached hydrogen (secondary N) is 3. The highest BCUT2D eigenvalue weighted by atomic mass is 16.2. The summed E-state index contributed by atoms with van der Waals surface area (Å²) >= 11 is 0. The Morgan fingerprint density at radius 2 is 1.75 bits per heavy atom. The fourth-order valence-corrected chi connectivity index (χ4v) is 3.16. The van der Waals surface area contributed by atoms with Gasteiger partial charge in [0, 0.05) is 11.9 Å². The molecule has 0 aliphatic rings. The summed E-state index contributed by atoms with van der Waals surface area (Å²) in [6, 6.07) is 16.9. The molecule has 3 aromatic rings. The van der Waals surface area contributed by atoms with E-state index in [1.807, 2.05) is 42.5 Å². The maximum Gasteiger partial charge on any atom is 0.273 e. The van der Waals surface area contributed by atoms with E-state index >= 15 is 0 Å². The van der Waals surface area contributed by atoms with E-state index in [2.05, 4.69) is 46.8 Å². The van der Waals surface area contributed by atoms with Gasteiger partial charge in [-0.15, -0.1) is 0 Å². The van der Waals surface area contributed by atoms with Crippen molar-refractivity contribution < 1.29 is 9.59 Å². The highest BCUT2D eigenvalue weighted by Crippen LogP contribution is 2.20. The van der Waals surface area contributed by atoms with Crippen molar-refractivity contribution in [3.63, 3.8) is 0 Å². The van der Waals surface area contributed by atoms with E-state index in [4.69, 9.17) is 0 Å². The zero-order chi connectivity index (χ0) is 20.1. The van der Waals surface area contributed by atoms with Crippen LogP contribution < -0.4 is 10.6 Å². The van der Waals surface area contributed by atoms with Crippen LogP contribution in [0.5, 0.6) is 0 Å². The first kappa shape index (κ1) is 19.6. The van der Waals surface area contributed by atoms with Crippen molar-refractivity contribution in [1.29, 1.82) is 0 Å². The van der Waals surface area contributed by atoms with Gasteiger partial charge in [0.2, 0.25) is 5.91 Å². The SMILES string of the molecule is CC(NC(=O)c1n[nH]c2ccccc12)C(=O)NCC(C)(C)Cc1ccccc1. The summed E-state index contributed by atoms with van der Waals surface area (Å²) in [6.07, 6.45) is 0.855. The summed E-state index contributed by atoms with van der Waals surface area (Å²) in [5.41, 5.74) is 2.21. The van der Waals surface area contributed by atoms with E-state index in [9.17, 15) is 9.59 Å². The van der Waals surface area contributed by atoms with E-state index in [1.54, 1.807) is 6.92 Å². The van der Waals surface area contributed by atoms with Crippen LogP contribution in [0.25, 0.3) is 10.9 Å². The summed E-state index contributed by atoms with van der Waals surface area (Å²) < 4.78 is 0. The third-order valence-corrected chi connectivity index (χ3v) is 4.69. The van der Waals surface area contributed by atoms with Gasteiger partial charge in [-0.05, 0) is 30.4 Å². The Morgan fingerprint density at radius 1 is 1.07 bits per heavy atom. The molecule has 0 bridgehead atoms. The molecule has 0 saturated carbocycles. The molecule has 0 aliphatic heterocycles. The molecule has 146 valence electrons. The molecule has 0 spiro atoms. The van der Waals surface area contributed by atoms with Crippen LogP contribution in [0, 0.1) is 5.41 Å². The van der Waals surface area contributed by atoms with Gasteiger partial charge < -0.3 is 10.6 Å². The molecule has 1 unspecified atom stereocenters. The summed E-state index contributed by atoms with van der Waals surface area (Å²) in [5.74, 6) is -0.585. The second-order valence-electron chi connectivity index (χ2n) is 7.86. The Balaban J connectivity index is 1.55. The Labute approximate surface area is 164 Å². The molecule has 6 heteroatoms. The molecule has 6 nitrogen and oxygen atoms in total. The minimum absolute atomic E-state index is 0.0981. The molecule has 3 rings (SSSR count). The largest absolute Gasteiger partial charge is 0.354 e. The van der Waals surface area contributed by atoms with Gasteiger partial charge in [0.1, 0.15) is 6.04 Å². The van der Waals surface area contributed by atoms with Crippen LogP contribution in [-0.2, 0) is 11.2 Å². The lowest BCUT2D eigenvalue weighted by atomic mass is 9.85. The van der Waals surface area contributed by atoms with Crippen LogP contribution >= 0.6 is 0 Å². The zero-order valence-electron chi connectivity index (χ0n) is 16.5. The number of carbonyl (C=O) groups excluding carboxylic acids is 2. The third-order valence-electron chi connectivity index (χ3n) is 4.69. The molecule has 2 aromatic carbocycles. The average Bonchev–Trinajstić information content (AvgIpc) is 3.11. The number of aromatic nitrogens is 2. The molecule has 0 saturated heterocycles. The number of H-pyrrole nitrogens is 1. The lowest BCUT2D eigenvalue weighted by Gasteiger charge is -2.26. The van der Waals surface area contributed by atoms with Gasteiger partial charge in [0.15, 0.2) is 5.69 Å². The number of rotatable bonds is 7. The van der Waals surface area contributed by atoms with Gasteiger partial charge in [-0.1, -0.05) is 62.4 Å². The topological polar surface area (TPSA) is 86.9 Å². The van der Waals surface area contributed by atoms with Crippen molar-refractivity contribution in [2.24, 2.45) is 5.41 Å². The summed E-state index contributed by atoms with van der Waals surface area (Å²) in [6.45, 7) is 6.41. The predicted molar refractivity (Wildman–Crippen MR) is 110 cm³/mol. The van der Waals surface area contributed by atoms with Crippen LogP contribution in [-0.4, -0.2) is 34.6 Å². The van der Waals surface area contributed by atoms with Crippen LogP contribution in [0.3, 0.4) is 0 Å².